The SMILES string of the molecule is CCCCCOC(=O)CCCC(=O)OCc1ccc(Cl)cc1Cl. The number of rotatable bonds is 10. The zero-order chi connectivity index (χ0) is 17.1. The van der Waals surface area contributed by atoms with Crippen LogP contribution in [0.1, 0.15) is 51.0 Å². The summed E-state index contributed by atoms with van der Waals surface area (Å²) < 4.78 is 10.2. The first-order valence-electron chi connectivity index (χ1n) is 7.78. The summed E-state index contributed by atoms with van der Waals surface area (Å²) >= 11 is 11.8. The van der Waals surface area contributed by atoms with Gasteiger partial charge in [-0.15, -0.1) is 0 Å². The molecular weight excluding hydrogens is 339 g/mol. The van der Waals surface area contributed by atoms with E-state index in [0.29, 0.717) is 28.6 Å². The van der Waals surface area contributed by atoms with Gasteiger partial charge in [0.15, 0.2) is 0 Å². The van der Waals surface area contributed by atoms with E-state index < -0.39 is 0 Å². The number of hydrogen-bond acceptors (Lipinski definition) is 4. The summed E-state index contributed by atoms with van der Waals surface area (Å²) in [4.78, 5) is 23.1. The third-order valence-corrected chi connectivity index (χ3v) is 3.76. The number of carbonyl (C=O) groups excluding carboxylic acids is 2. The second kappa shape index (κ2) is 11.3. The van der Waals surface area contributed by atoms with Gasteiger partial charge in [-0.2, -0.15) is 0 Å². The fraction of sp³-hybridized carbons (Fsp3) is 0.529. The van der Waals surface area contributed by atoms with Crippen molar-refractivity contribution in [3.8, 4) is 0 Å². The molecule has 4 nitrogen and oxygen atoms in total. The van der Waals surface area contributed by atoms with E-state index in [1.165, 1.54) is 0 Å². The fourth-order valence-electron chi connectivity index (χ4n) is 1.86. The maximum Gasteiger partial charge on any atom is 0.306 e. The highest BCUT2D eigenvalue weighted by molar-refractivity contribution is 6.35. The molecule has 0 aliphatic rings. The Morgan fingerprint density at radius 3 is 2.35 bits per heavy atom. The van der Waals surface area contributed by atoms with Crippen LogP contribution in [0.2, 0.25) is 10.0 Å². The molecule has 0 bridgehead atoms. The normalized spacial score (nSPS) is 10.4. The first kappa shape index (κ1) is 19.8. The van der Waals surface area contributed by atoms with Gasteiger partial charge in [0.2, 0.25) is 0 Å². The Bertz CT molecular complexity index is 517. The summed E-state index contributed by atoms with van der Waals surface area (Å²) in [7, 11) is 0. The van der Waals surface area contributed by atoms with Gasteiger partial charge < -0.3 is 9.47 Å². The Morgan fingerprint density at radius 2 is 1.70 bits per heavy atom. The maximum absolute atomic E-state index is 11.6. The largest absolute Gasteiger partial charge is 0.466 e. The third-order valence-electron chi connectivity index (χ3n) is 3.18. The third kappa shape index (κ3) is 8.82. The lowest BCUT2D eigenvalue weighted by molar-refractivity contribution is -0.146. The number of esters is 2. The van der Waals surface area contributed by atoms with E-state index in [1.807, 2.05) is 0 Å². The van der Waals surface area contributed by atoms with Crippen molar-refractivity contribution < 1.29 is 19.1 Å². The van der Waals surface area contributed by atoms with E-state index in [4.69, 9.17) is 32.7 Å². The van der Waals surface area contributed by atoms with Crippen molar-refractivity contribution in [2.45, 2.75) is 52.1 Å². The van der Waals surface area contributed by atoms with Crippen LogP contribution in [0.3, 0.4) is 0 Å². The van der Waals surface area contributed by atoms with Gasteiger partial charge in [-0.1, -0.05) is 49.0 Å². The second-order valence-electron chi connectivity index (χ2n) is 5.18. The van der Waals surface area contributed by atoms with Crippen LogP contribution in [-0.2, 0) is 25.7 Å². The van der Waals surface area contributed by atoms with Gasteiger partial charge in [-0.3, -0.25) is 9.59 Å². The molecule has 0 atom stereocenters. The first-order chi connectivity index (χ1) is 11.0. The summed E-state index contributed by atoms with van der Waals surface area (Å²) in [6, 6.07) is 5.00. The molecule has 0 aliphatic heterocycles. The molecule has 0 saturated heterocycles. The zero-order valence-electron chi connectivity index (χ0n) is 13.3. The van der Waals surface area contributed by atoms with Gasteiger partial charge in [0.05, 0.1) is 6.61 Å². The molecule has 0 spiro atoms. The standard InChI is InChI=1S/C17H22Cl2O4/c1-2-3-4-10-22-16(20)6-5-7-17(21)23-12-13-8-9-14(18)11-15(13)19/h8-9,11H,2-7,10,12H2,1H3. The average Bonchev–Trinajstić information content (AvgIpc) is 2.51. The van der Waals surface area contributed by atoms with Crippen LogP contribution in [0.15, 0.2) is 18.2 Å². The fourth-order valence-corrected chi connectivity index (χ4v) is 2.32. The van der Waals surface area contributed by atoms with Crippen LogP contribution in [0, 0.1) is 0 Å². The summed E-state index contributed by atoms with van der Waals surface area (Å²) in [5.41, 5.74) is 0.694. The van der Waals surface area contributed by atoms with E-state index in [2.05, 4.69) is 6.92 Å². The second-order valence-corrected chi connectivity index (χ2v) is 6.02. The molecule has 23 heavy (non-hydrogen) atoms. The Kier molecular flexibility index (Phi) is 9.72. The number of halogens is 2. The molecule has 1 aromatic rings. The number of carbonyl (C=O) groups is 2. The number of benzene rings is 1. The average molecular weight is 361 g/mol. The van der Waals surface area contributed by atoms with Gasteiger partial charge in [0.25, 0.3) is 0 Å². The summed E-state index contributed by atoms with van der Waals surface area (Å²) in [5.74, 6) is -0.635. The molecule has 128 valence electrons. The highest BCUT2D eigenvalue weighted by Gasteiger charge is 2.09. The molecule has 0 aliphatic carbocycles. The Balaban J connectivity index is 2.15. The number of hydrogen-bond donors (Lipinski definition) is 0. The van der Waals surface area contributed by atoms with Crippen LogP contribution in [0.25, 0.3) is 0 Å². The molecular formula is C17H22Cl2O4. The maximum atomic E-state index is 11.6. The van der Waals surface area contributed by atoms with Crippen molar-refractivity contribution in [1.29, 1.82) is 0 Å². The van der Waals surface area contributed by atoms with Crippen LogP contribution >= 0.6 is 23.2 Å². The Morgan fingerprint density at radius 1 is 1.00 bits per heavy atom. The van der Waals surface area contributed by atoms with Gasteiger partial charge >= 0.3 is 11.9 Å². The predicted molar refractivity (Wildman–Crippen MR) is 90.6 cm³/mol. The van der Waals surface area contributed by atoms with Crippen molar-refractivity contribution in [3.63, 3.8) is 0 Å². The smallest absolute Gasteiger partial charge is 0.306 e. The molecule has 0 N–H and O–H groups in total. The molecule has 0 saturated carbocycles. The van der Waals surface area contributed by atoms with Gasteiger partial charge in [-0.05, 0) is 25.0 Å². The monoisotopic (exact) mass is 360 g/mol. The quantitative estimate of drug-likeness (QED) is 0.438. The summed E-state index contributed by atoms with van der Waals surface area (Å²) in [6.45, 7) is 2.63. The minimum Gasteiger partial charge on any atom is -0.466 e. The van der Waals surface area contributed by atoms with E-state index in [1.54, 1.807) is 18.2 Å². The minimum absolute atomic E-state index is 0.0936. The predicted octanol–water partition coefficient (Wildman–Crippen LogP) is 4.94. The Labute approximate surface area is 147 Å². The highest BCUT2D eigenvalue weighted by Crippen LogP contribution is 2.21. The molecule has 0 fully saturated rings. The van der Waals surface area contributed by atoms with Crippen molar-refractivity contribution in [1.82, 2.24) is 0 Å². The molecule has 0 amide bonds. The lowest BCUT2D eigenvalue weighted by Gasteiger charge is -2.07. The van der Waals surface area contributed by atoms with Crippen molar-refractivity contribution in [2.75, 3.05) is 6.61 Å². The van der Waals surface area contributed by atoms with Crippen molar-refractivity contribution >= 4 is 35.1 Å². The molecule has 0 radical (unpaired) electrons. The molecule has 1 aromatic carbocycles. The van der Waals surface area contributed by atoms with Crippen LogP contribution in [-0.4, -0.2) is 18.5 Å². The lowest BCUT2D eigenvalue weighted by Crippen LogP contribution is -2.09. The van der Waals surface area contributed by atoms with Gasteiger partial charge in [0.1, 0.15) is 6.61 Å². The topological polar surface area (TPSA) is 52.6 Å². The molecule has 0 unspecified atom stereocenters. The van der Waals surface area contributed by atoms with Crippen molar-refractivity contribution in [3.05, 3.63) is 33.8 Å². The highest BCUT2D eigenvalue weighted by atomic mass is 35.5. The van der Waals surface area contributed by atoms with Crippen LogP contribution in [0.4, 0.5) is 0 Å². The van der Waals surface area contributed by atoms with Crippen LogP contribution in [0.5, 0.6) is 0 Å². The number of unbranched alkanes of at least 4 members (excludes halogenated alkanes) is 2. The van der Waals surface area contributed by atoms with Crippen LogP contribution < -0.4 is 0 Å². The van der Waals surface area contributed by atoms with E-state index >= 15 is 0 Å². The van der Waals surface area contributed by atoms with E-state index in [0.717, 1.165) is 19.3 Å². The molecule has 1 rings (SSSR count). The van der Waals surface area contributed by atoms with Gasteiger partial charge in [0, 0.05) is 28.5 Å². The lowest BCUT2D eigenvalue weighted by atomic mass is 10.2. The van der Waals surface area contributed by atoms with Crippen molar-refractivity contribution in [2.24, 2.45) is 0 Å². The first-order valence-corrected chi connectivity index (χ1v) is 8.53. The summed E-state index contributed by atoms with van der Waals surface area (Å²) in [6.07, 6.45) is 3.83. The zero-order valence-corrected chi connectivity index (χ0v) is 14.8. The number of ether oxygens (including phenoxy) is 2. The Hall–Kier alpha value is -1.26. The van der Waals surface area contributed by atoms with Gasteiger partial charge in [-0.25, -0.2) is 0 Å². The summed E-state index contributed by atoms with van der Waals surface area (Å²) in [5, 5.41) is 0.989. The minimum atomic E-state index is -0.366. The molecule has 6 heteroatoms. The van der Waals surface area contributed by atoms with E-state index in [-0.39, 0.29) is 31.4 Å². The molecule has 0 heterocycles. The van der Waals surface area contributed by atoms with E-state index in [9.17, 15) is 9.59 Å². The molecule has 0 aromatic heterocycles.